The van der Waals surface area contributed by atoms with E-state index in [1.165, 1.54) is 0 Å². The monoisotopic (exact) mass is 997 g/mol. The fourth-order valence-corrected chi connectivity index (χ4v) is 8.97. The number of rotatable bonds is 16. The molecular formula is C51H54FIN10O3. The summed E-state index contributed by atoms with van der Waals surface area (Å²) in [6.07, 6.45) is 11.0. The Labute approximate surface area is 400 Å². The number of ether oxygens (including phenoxy) is 1. The number of nitrogens with zero attached hydrogens (tertiary/aromatic N) is 10. The molecule has 13 nitrogen and oxygen atoms in total. The second-order valence-electron chi connectivity index (χ2n) is 16.5. The number of alkyl halides is 1. The Balaban J connectivity index is 0.000000196. The van der Waals surface area contributed by atoms with Gasteiger partial charge in [-0.05, 0) is 76.9 Å². The van der Waals surface area contributed by atoms with Crippen molar-refractivity contribution in [2.24, 2.45) is 0 Å². The van der Waals surface area contributed by atoms with Crippen LogP contribution in [0, 0.1) is 16.7 Å². The third-order valence-electron chi connectivity index (χ3n) is 12.1. The fraction of sp³-hybridized carbons (Fsp3) is 0.333. The molecule has 0 spiro atoms. The third-order valence-corrected chi connectivity index (χ3v) is 12.8. The molecule has 0 radical (unpaired) electrons. The van der Waals surface area contributed by atoms with Crippen LogP contribution in [-0.4, -0.2) is 92.8 Å². The van der Waals surface area contributed by atoms with Crippen molar-refractivity contribution < 1.29 is 18.7 Å². The molecule has 0 aliphatic carbocycles. The SMILES string of the molecule is [C-]#[N+]c1ccc(Cn2cncc2CN2CC(=O)N(c3cccc(O[11CH3])c3)C[C@@H]2CCF)cc1.[C-]#[N+]c1ccc(Cn2cncc2CN2CC(=O)N(c3cccc([125I])c3)C[C@@H]2CCCC)cc1. The molecule has 6 aromatic rings. The largest absolute Gasteiger partial charge is 0.497 e. The highest BCUT2D eigenvalue weighted by Gasteiger charge is 2.34. The van der Waals surface area contributed by atoms with Gasteiger partial charge in [-0.15, -0.1) is 0 Å². The van der Waals surface area contributed by atoms with Crippen LogP contribution in [0.15, 0.2) is 122 Å². The molecule has 2 aliphatic heterocycles. The van der Waals surface area contributed by atoms with Gasteiger partial charge in [-0.2, -0.15) is 0 Å². The zero-order valence-electron chi connectivity index (χ0n) is 37.3. The average molecular weight is 998 g/mol. The van der Waals surface area contributed by atoms with Crippen molar-refractivity contribution in [1.29, 1.82) is 0 Å². The number of hydrogen-bond acceptors (Lipinski definition) is 7. The van der Waals surface area contributed by atoms with Crippen molar-refractivity contribution in [3.05, 3.63) is 171 Å². The van der Waals surface area contributed by atoms with Crippen LogP contribution in [0.5, 0.6) is 5.75 Å². The Kier molecular flexibility index (Phi) is 16.7. The number of aromatic nitrogens is 4. The number of carbonyl (C=O) groups is 2. The fourth-order valence-electron chi connectivity index (χ4n) is 8.44. The summed E-state index contributed by atoms with van der Waals surface area (Å²) in [5, 5.41) is 0. The summed E-state index contributed by atoms with van der Waals surface area (Å²) in [5.41, 5.74) is 7.23. The van der Waals surface area contributed by atoms with Crippen molar-refractivity contribution in [2.45, 2.75) is 70.9 Å². The molecule has 2 amide bonds. The van der Waals surface area contributed by atoms with E-state index >= 15 is 0 Å². The summed E-state index contributed by atoms with van der Waals surface area (Å²) in [6, 6.07) is 30.9. The van der Waals surface area contributed by atoms with E-state index in [0.29, 0.717) is 75.4 Å². The van der Waals surface area contributed by atoms with Crippen LogP contribution in [0.3, 0.4) is 0 Å². The first-order chi connectivity index (χ1) is 32.2. The van der Waals surface area contributed by atoms with Crippen molar-refractivity contribution in [3.63, 3.8) is 0 Å². The van der Waals surface area contributed by atoms with Gasteiger partial charge in [0.1, 0.15) is 5.75 Å². The van der Waals surface area contributed by atoms with Crippen LogP contribution >= 0.6 is 22.6 Å². The van der Waals surface area contributed by atoms with Gasteiger partial charge in [0.2, 0.25) is 11.8 Å². The normalized spacial score (nSPS) is 16.6. The van der Waals surface area contributed by atoms with Crippen LogP contribution in [-0.2, 0) is 35.8 Å². The number of anilines is 2. The molecule has 2 saturated heterocycles. The molecule has 0 bridgehead atoms. The van der Waals surface area contributed by atoms with Crippen molar-refractivity contribution in [3.8, 4) is 5.75 Å². The van der Waals surface area contributed by atoms with Gasteiger partial charge in [0.15, 0.2) is 11.4 Å². The van der Waals surface area contributed by atoms with E-state index in [4.69, 9.17) is 17.9 Å². The van der Waals surface area contributed by atoms with E-state index < -0.39 is 6.67 Å². The molecule has 2 aliphatic rings. The first-order valence-corrected chi connectivity index (χ1v) is 23.2. The van der Waals surface area contributed by atoms with E-state index in [-0.39, 0.29) is 24.4 Å². The van der Waals surface area contributed by atoms with Crippen LogP contribution in [0.2, 0.25) is 0 Å². The number of amides is 2. The van der Waals surface area contributed by atoms with Gasteiger partial charge in [0.05, 0.1) is 64.1 Å². The van der Waals surface area contributed by atoms with Crippen LogP contribution in [0.4, 0.5) is 27.1 Å². The Morgan fingerprint density at radius 1 is 0.697 bits per heavy atom. The van der Waals surface area contributed by atoms with Crippen molar-refractivity contribution in [1.82, 2.24) is 28.9 Å². The van der Waals surface area contributed by atoms with Crippen LogP contribution in [0.1, 0.15) is 55.1 Å². The van der Waals surface area contributed by atoms with Gasteiger partial charge < -0.3 is 23.7 Å². The van der Waals surface area contributed by atoms with Crippen molar-refractivity contribution in [2.75, 3.05) is 49.8 Å². The standard InChI is InChI=1S/C26H28IN5O.C25H26FN5O2/c1-3-4-7-24-17-32(23-8-5-6-21(27)13-23)26(33)18-30(24)16-25-14-29-19-31(25)15-20-9-11-22(28-2)12-10-20;1-27-20-8-6-19(7-9-20)14-30-18-28-13-23(30)15-29-17-25(32)31(16-22(29)10-11-26)21-4-3-5-24(12-21)33-2/h5-6,8-14,19,24H,3-4,7,15-18H2,1H3;3-9,12-13,18,22H,10-11,14-17H2,2H3/t24-;22-/m00/s1/i27-2;2-1. The molecule has 0 unspecified atom stereocenters. The minimum absolute atomic E-state index is 0.0286. The number of halogens is 2. The predicted octanol–water partition coefficient (Wildman–Crippen LogP) is 9.56. The van der Waals surface area contributed by atoms with E-state index in [0.717, 1.165) is 56.7 Å². The summed E-state index contributed by atoms with van der Waals surface area (Å²) >= 11 is 2.30. The Morgan fingerprint density at radius 2 is 1.20 bits per heavy atom. The van der Waals surface area contributed by atoms with Crippen LogP contribution in [0.25, 0.3) is 9.69 Å². The zero-order valence-corrected chi connectivity index (χ0v) is 39.5. The first-order valence-electron chi connectivity index (χ1n) is 22.1. The highest BCUT2D eigenvalue weighted by Crippen LogP contribution is 2.28. The number of imidazole rings is 2. The van der Waals surface area contributed by atoms with Gasteiger partial charge in [-0.1, -0.05) is 80.4 Å². The average Bonchev–Trinajstić information content (AvgIpc) is 3.98. The minimum Gasteiger partial charge on any atom is -0.497 e. The summed E-state index contributed by atoms with van der Waals surface area (Å²) in [7, 11) is 1.59. The lowest BCUT2D eigenvalue weighted by Crippen LogP contribution is -2.56. The summed E-state index contributed by atoms with van der Waals surface area (Å²) < 4.78 is 24.0. The number of piperazine rings is 2. The van der Waals surface area contributed by atoms with Gasteiger partial charge in [-0.3, -0.25) is 23.8 Å². The predicted molar refractivity (Wildman–Crippen MR) is 263 cm³/mol. The molecule has 15 heteroatoms. The summed E-state index contributed by atoms with van der Waals surface area (Å²) in [4.78, 5) is 49.8. The number of unbranched alkanes of at least 4 members (excludes halogenated alkanes) is 1. The van der Waals surface area contributed by atoms with Gasteiger partial charge in [-0.25, -0.2) is 19.7 Å². The highest BCUT2D eigenvalue weighted by atomic mass is 125. The molecule has 4 aromatic carbocycles. The van der Waals surface area contributed by atoms with E-state index in [9.17, 15) is 14.0 Å². The minimum atomic E-state index is -0.450. The summed E-state index contributed by atoms with van der Waals surface area (Å²) in [6.45, 7) is 20.2. The number of carbonyl (C=O) groups excluding carboxylic acids is 2. The smallest absolute Gasteiger partial charge is 0.241 e. The second kappa shape index (κ2) is 23.2. The molecule has 2 aromatic heterocycles. The molecule has 340 valence electrons. The first kappa shape index (κ1) is 47.6. The summed E-state index contributed by atoms with van der Waals surface area (Å²) in [5.74, 6) is 0.794. The zero-order chi connectivity index (χ0) is 46.4. The van der Waals surface area contributed by atoms with Gasteiger partial charge in [0.25, 0.3) is 0 Å². The van der Waals surface area contributed by atoms with E-state index in [1.54, 1.807) is 36.7 Å². The Morgan fingerprint density at radius 3 is 1.67 bits per heavy atom. The Bertz CT molecular complexity index is 2640. The maximum absolute atomic E-state index is 13.4. The second-order valence-corrected chi connectivity index (χ2v) is 17.8. The molecule has 2 atom stereocenters. The van der Waals surface area contributed by atoms with Crippen LogP contribution < -0.4 is 14.5 Å². The van der Waals surface area contributed by atoms with E-state index in [2.05, 4.69) is 70.8 Å². The van der Waals surface area contributed by atoms with Crippen molar-refractivity contribution >= 4 is 57.2 Å². The maximum atomic E-state index is 13.4. The Hall–Kier alpha value is -6.40. The topological polar surface area (TPSA) is 101 Å². The van der Waals surface area contributed by atoms with Gasteiger partial charge >= 0.3 is 0 Å². The lowest BCUT2D eigenvalue weighted by atomic mass is 10.0. The maximum Gasteiger partial charge on any atom is 0.241 e. The molecule has 66 heavy (non-hydrogen) atoms. The number of methoxy groups -OCH3 is 1. The number of hydrogen-bond donors (Lipinski definition) is 0. The van der Waals surface area contributed by atoms with Gasteiger partial charge in [0, 0.05) is 84.8 Å². The quantitative estimate of drug-likeness (QED) is 0.0704. The molecule has 4 heterocycles. The molecule has 0 saturated carbocycles. The molecule has 0 N–H and O–H groups in total. The van der Waals surface area contributed by atoms with E-state index in [1.807, 2.05) is 99.7 Å². The third kappa shape index (κ3) is 12.3. The number of benzene rings is 4. The lowest BCUT2D eigenvalue weighted by Gasteiger charge is -2.41. The highest BCUT2D eigenvalue weighted by molar-refractivity contribution is 14.1. The molecular weight excluding hydrogens is 944 g/mol. The lowest BCUT2D eigenvalue weighted by molar-refractivity contribution is -0.123. The molecule has 2 fully saturated rings. The molecule has 8 rings (SSSR count).